The first-order valence-electron chi connectivity index (χ1n) is 11.1. The summed E-state index contributed by atoms with van der Waals surface area (Å²) in [7, 11) is 5.11. The van der Waals surface area contributed by atoms with E-state index in [1.165, 1.54) is 5.56 Å². The highest BCUT2D eigenvalue weighted by atomic mass is 127. The van der Waals surface area contributed by atoms with Gasteiger partial charge in [0, 0.05) is 39.8 Å². The zero-order valence-electron chi connectivity index (χ0n) is 20.2. The number of halogens is 1. The Labute approximate surface area is 210 Å². The molecule has 2 rings (SSSR count). The predicted molar refractivity (Wildman–Crippen MR) is 140 cm³/mol. The van der Waals surface area contributed by atoms with Gasteiger partial charge in [-0.3, -0.25) is 9.89 Å². The molecule has 0 spiro atoms. The summed E-state index contributed by atoms with van der Waals surface area (Å²) in [5, 5.41) is 6.80. The van der Waals surface area contributed by atoms with Crippen molar-refractivity contribution in [3.05, 3.63) is 23.8 Å². The van der Waals surface area contributed by atoms with Crippen molar-refractivity contribution in [3.8, 4) is 11.5 Å². The minimum absolute atomic E-state index is 0. The number of aliphatic imine (C=N–C) groups is 1. The molecule has 1 unspecified atom stereocenters. The van der Waals surface area contributed by atoms with Crippen molar-refractivity contribution in [2.24, 2.45) is 10.9 Å². The van der Waals surface area contributed by atoms with Crippen LogP contribution in [0.3, 0.4) is 0 Å². The van der Waals surface area contributed by atoms with Gasteiger partial charge in [-0.25, -0.2) is 0 Å². The Morgan fingerprint density at radius 3 is 2.44 bits per heavy atom. The highest BCUT2D eigenvalue weighted by molar-refractivity contribution is 14.0. The number of benzene rings is 1. The molecule has 0 bridgehead atoms. The third kappa shape index (κ3) is 9.68. The summed E-state index contributed by atoms with van der Waals surface area (Å²) >= 11 is 0. The lowest BCUT2D eigenvalue weighted by atomic mass is 10.0. The van der Waals surface area contributed by atoms with E-state index in [9.17, 15) is 0 Å². The Morgan fingerprint density at radius 1 is 1.09 bits per heavy atom. The van der Waals surface area contributed by atoms with Crippen LogP contribution in [0, 0.1) is 5.92 Å². The van der Waals surface area contributed by atoms with E-state index in [1.54, 1.807) is 21.3 Å². The molecule has 1 heterocycles. The van der Waals surface area contributed by atoms with Crippen LogP contribution >= 0.6 is 24.0 Å². The topological polar surface area (TPSA) is 76.6 Å². The maximum absolute atomic E-state index is 5.68. The Kier molecular flexibility index (Phi) is 14.7. The lowest BCUT2D eigenvalue weighted by Gasteiger charge is -2.35. The van der Waals surface area contributed by atoms with Crippen LogP contribution in [0.5, 0.6) is 11.5 Å². The lowest BCUT2D eigenvalue weighted by Crippen LogP contribution is -2.46. The van der Waals surface area contributed by atoms with Crippen LogP contribution in [-0.4, -0.2) is 84.7 Å². The third-order valence-electron chi connectivity index (χ3n) is 5.34. The number of nitrogens with zero attached hydrogens (tertiary/aromatic N) is 2. The first kappa shape index (κ1) is 28.7. The van der Waals surface area contributed by atoms with Gasteiger partial charge >= 0.3 is 0 Å². The lowest BCUT2D eigenvalue weighted by molar-refractivity contribution is 0.0169. The van der Waals surface area contributed by atoms with Crippen LogP contribution in [0.2, 0.25) is 0 Å². The second-order valence-electron chi connectivity index (χ2n) is 7.95. The normalized spacial score (nSPS) is 15.8. The molecule has 0 amide bonds. The molecule has 0 radical (unpaired) electrons. The number of rotatable bonds is 12. The molecular formula is C23H41IN4O4. The number of hydrogen-bond donors (Lipinski definition) is 2. The monoisotopic (exact) mass is 564 g/mol. The van der Waals surface area contributed by atoms with E-state index < -0.39 is 0 Å². The van der Waals surface area contributed by atoms with Crippen LogP contribution in [0.1, 0.15) is 31.9 Å². The predicted octanol–water partition coefficient (Wildman–Crippen LogP) is 2.92. The molecule has 32 heavy (non-hydrogen) atoms. The fraction of sp³-hybridized carbons (Fsp3) is 0.696. The van der Waals surface area contributed by atoms with E-state index in [4.69, 9.17) is 18.9 Å². The zero-order chi connectivity index (χ0) is 22.5. The minimum atomic E-state index is 0. The standard InChI is InChI=1S/C23H40N4O4.HI/c1-18(2)8-12-30-13-9-25-23(24-3)26-17-20(27-10-14-31-15-11-27)19-6-7-21(28-4)22(16-19)29-5;/h6-7,16,18,20H,8-15,17H2,1-5H3,(H2,24,25,26);1H. The van der Waals surface area contributed by atoms with Crippen LogP contribution in [0.25, 0.3) is 0 Å². The van der Waals surface area contributed by atoms with Crippen molar-refractivity contribution in [2.45, 2.75) is 26.3 Å². The van der Waals surface area contributed by atoms with Gasteiger partial charge in [0.2, 0.25) is 0 Å². The fourth-order valence-electron chi connectivity index (χ4n) is 3.48. The molecule has 8 nitrogen and oxygen atoms in total. The summed E-state index contributed by atoms with van der Waals surface area (Å²) in [6, 6.07) is 6.27. The molecule has 1 fully saturated rings. The van der Waals surface area contributed by atoms with Gasteiger partial charge in [0.25, 0.3) is 0 Å². The van der Waals surface area contributed by atoms with E-state index in [2.05, 4.69) is 46.5 Å². The molecule has 184 valence electrons. The van der Waals surface area contributed by atoms with Gasteiger partial charge in [0.15, 0.2) is 17.5 Å². The Bertz CT molecular complexity index is 669. The van der Waals surface area contributed by atoms with Crippen molar-refractivity contribution < 1.29 is 18.9 Å². The molecule has 9 heteroatoms. The molecule has 1 aliphatic heterocycles. The summed E-state index contributed by atoms with van der Waals surface area (Å²) in [5.74, 6) is 2.90. The summed E-state index contributed by atoms with van der Waals surface area (Å²) in [5.41, 5.74) is 1.17. The van der Waals surface area contributed by atoms with Gasteiger partial charge in [-0.2, -0.15) is 0 Å². The third-order valence-corrected chi connectivity index (χ3v) is 5.34. The highest BCUT2D eigenvalue weighted by Crippen LogP contribution is 2.32. The van der Waals surface area contributed by atoms with Crippen molar-refractivity contribution in [2.75, 3.05) is 73.9 Å². The average Bonchev–Trinajstić information content (AvgIpc) is 2.80. The van der Waals surface area contributed by atoms with E-state index >= 15 is 0 Å². The largest absolute Gasteiger partial charge is 0.493 e. The Hall–Kier alpha value is -1.30. The Balaban J connectivity index is 0.00000512. The SMILES string of the molecule is CN=C(NCCOCCC(C)C)NCC(c1ccc(OC)c(OC)c1)N1CCOCC1.I. The molecule has 1 aromatic carbocycles. The van der Waals surface area contributed by atoms with Crippen molar-refractivity contribution >= 4 is 29.9 Å². The van der Waals surface area contributed by atoms with E-state index in [-0.39, 0.29) is 30.0 Å². The number of ether oxygens (including phenoxy) is 4. The van der Waals surface area contributed by atoms with Crippen molar-refractivity contribution in [1.29, 1.82) is 0 Å². The maximum Gasteiger partial charge on any atom is 0.191 e. The summed E-state index contributed by atoms with van der Waals surface area (Å²) in [4.78, 5) is 6.79. The molecule has 0 aromatic heterocycles. The minimum Gasteiger partial charge on any atom is -0.493 e. The first-order valence-corrected chi connectivity index (χ1v) is 11.1. The van der Waals surface area contributed by atoms with Gasteiger partial charge in [0.1, 0.15) is 0 Å². The van der Waals surface area contributed by atoms with E-state index in [0.29, 0.717) is 19.1 Å². The van der Waals surface area contributed by atoms with Gasteiger partial charge in [-0.15, -0.1) is 24.0 Å². The fourth-order valence-corrected chi connectivity index (χ4v) is 3.48. The van der Waals surface area contributed by atoms with Crippen molar-refractivity contribution in [3.63, 3.8) is 0 Å². The van der Waals surface area contributed by atoms with Gasteiger partial charge in [-0.05, 0) is 30.0 Å². The maximum atomic E-state index is 5.68. The van der Waals surface area contributed by atoms with Crippen LogP contribution in [-0.2, 0) is 9.47 Å². The molecule has 1 saturated heterocycles. The summed E-state index contributed by atoms with van der Waals surface area (Å²) < 4.78 is 22.2. The van der Waals surface area contributed by atoms with E-state index in [1.807, 2.05) is 6.07 Å². The molecule has 1 aromatic rings. The van der Waals surface area contributed by atoms with Crippen LogP contribution < -0.4 is 20.1 Å². The van der Waals surface area contributed by atoms with E-state index in [0.717, 1.165) is 63.3 Å². The first-order chi connectivity index (χ1) is 15.1. The summed E-state index contributed by atoms with van der Waals surface area (Å²) in [6.07, 6.45) is 1.08. The van der Waals surface area contributed by atoms with Gasteiger partial charge < -0.3 is 29.6 Å². The highest BCUT2D eigenvalue weighted by Gasteiger charge is 2.24. The zero-order valence-corrected chi connectivity index (χ0v) is 22.5. The molecular weight excluding hydrogens is 523 g/mol. The molecule has 0 aliphatic carbocycles. The quantitative estimate of drug-likeness (QED) is 0.175. The molecule has 0 saturated carbocycles. The second kappa shape index (κ2) is 16.3. The number of morpholine rings is 1. The number of methoxy groups -OCH3 is 2. The molecule has 2 N–H and O–H groups in total. The van der Waals surface area contributed by atoms with Gasteiger partial charge in [0.05, 0.1) is 40.1 Å². The molecule has 1 aliphatic rings. The number of nitrogens with one attached hydrogen (secondary N) is 2. The number of guanidine groups is 1. The molecule has 1 atom stereocenters. The number of hydrogen-bond acceptors (Lipinski definition) is 6. The Morgan fingerprint density at radius 2 is 1.81 bits per heavy atom. The van der Waals surface area contributed by atoms with Crippen LogP contribution in [0.4, 0.5) is 0 Å². The smallest absolute Gasteiger partial charge is 0.191 e. The average molecular weight is 565 g/mol. The second-order valence-corrected chi connectivity index (χ2v) is 7.95. The van der Waals surface area contributed by atoms with Gasteiger partial charge in [-0.1, -0.05) is 19.9 Å². The van der Waals surface area contributed by atoms with Crippen molar-refractivity contribution in [1.82, 2.24) is 15.5 Å². The van der Waals surface area contributed by atoms with Crippen LogP contribution in [0.15, 0.2) is 23.2 Å². The summed E-state index contributed by atoms with van der Waals surface area (Å²) in [6.45, 7) is 10.6.